The predicted molar refractivity (Wildman–Crippen MR) is 107 cm³/mol. The quantitative estimate of drug-likeness (QED) is 0.524. The first kappa shape index (κ1) is 20.7. The topological polar surface area (TPSA) is 84.1 Å². The summed E-state index contributed by atoms with van der Waals surface area (Å²) >= 11 is 1.16. The summed E-state index contributed by atoms with van der Waals surface area (Å²) in [4.78, 5) is 31.9. The number of Topliss-reactive ketones (excluding diaryl/α,β-unsaturated/α-hetero) is 1. The Morgan fingerprint density at radius 3 is 2.69 bits per heavy atom. The van der Waals surface area contributed by atoms with E-state index in [4.69, 9.17) is 0 Å². The molecule has 152 valence electrons. The molecule has 9 heteroatoms. The average Bonchev–Trinajstić information content (AvgIpc) is 3.25. The zero-order valence-corrected chi connectivity index (χ0v) is 16.8. The second-order valence-electron chi connectivity index (χ2n) is 6.25. The number of carbonyl (C=O) groups excluding carboxylic acids is 2. The third-order valence-electron chi connectivity index (χ3n) is 4.33. The van der Waals surface area contributed by atoms with Crippen LogP contribution in [0.5, 0.6) is 5.75 Å². The number of anilines is 1. The summed E-state index contributed by atoms with van der Waals surface area (Å²) in [6.45, 7) is 2.12. The van der Waals surface area contributed by atoms with Gasteiger partial charge in [-0.15, -0.1) is 11.3 Å². The van der Waals surface area contributed by atoms with Gasteiger partial charge in [0.1, 0.15) is 11.4 Å². The molecule has 0 radical (unpaired) electrons. The Hall–Kier alpha value is -3.07. The Morgan fingerprint density at radius 2 is 2.03 bits per heavy atom. The molecule has 6 nitrogen and oxygen atoms in total. The van der Waals surface area contributed by atoms with Gasteiger partial charge in [0, 0.05) is 22.2 Å². The first-order valence-corrected chi connectivity index (χ1v) is 9.73. The maximum absolute atomic E-state index is 12.7. The molecule has 0 saturated carbocycles. The second kappa shape index (κ2) is 8.52. The zero-order valence-electron chi connectivity index (χ0n) is 16.0. The molecule has 3 aromatic rings. The van der Waals surface area contributed by atoms with Crippen LogP contribution in [0.15, 0.2) is 29.6 Å². The highest BCUT2D eigenvalue weighted by Gasteiger charge is 2.22. The normalized spacial score (nSPS) is 11.0. The van der Waals surface area contributed by atoms with Crippen LogP contribution >= 0.6 is 11.3 Å². The van der Waals surface area contributed by atoms with E-state index in [0.717, 1.165) is 11.3 Å². The van der Waals surface area contributed by atoms with Gasteiger partial charge >= 0.3 is 6.61 Å². The van der Waals surface area contributed by atoms with Gasteiger partial charge < -0.3 is 9.72 Å². The Labute approximate surface area is 169 Å². The Balaban J connectivity index is 1.86. The average molecular weight is 419 g/mol. The zero-order chi connectivity index (χ0) is 21.1. The Bertz CT molecular complexity index is 1060. The van der Waals surface area contributed by atoms with Crippen molar-refractivity contribution in [2.24, 2.45) is 0 Å². The number of hydrogen-bond donors (Lipinski definition) is 2. The lowest BCUT2D eigenvalue weighted by Crippen LogP contribution is -2.14. The lowest BCUT2D eigenvalue weighted by atomic mass is 10.0. The molecule has 2 N–H and O–H groups in total. The number of nitrogens with one attached hydrogen (secondary N) is 2. The molecule has 1 amide bonds. The molecule has 0 aliphatic rings. The summed E-state index contributed by atoms with van der Waals surface area (Å²) in [5.74, 6) is -0.526. The number of ether oxygens (including phenoxy) is 1. The maximum Gasteiger partial charge on any atom is 0.387 e. The number of nitrogens with zero attached hydrogens (tertiary/aromatic N) is 1. The maximum atomic E-state index is 12.7. The number of carbonyl (C=O) groups is 2. The van der Waals surface area contributed by atoms with Crippen molar-refractivity contribution < 1.29 is 23.1 Å². The molecule has 0 saturated heterocycles. The van der Waals surface area contributed by atoms with Crippen molar-refractivity contribution in [3.8, 4) is 17.0 Å². The molecule has 2 aromatic heterocycles. The fourth-order valence-electron chi connectivity index (χ4n) is 3.19. The standard InChI is InChI=1S/C20H19F2N3O3S/c1-4-12-16(11(3)26)10(2)23-17(12)18(27)25-20-24-14(9-29-20)13-7-5-6-8-15(13)28-19(21)22/h5-9,19,23H,4H2,1-3H3,(H,24,25,27). The number of ketones is 1. The third-order valence-corrected chi connectivity index (χ3v) is 5.09. The van der Waals surface area contributed by atoms with Crippen LogP contribution in [0.1, 0.15) is 46.0 Å². The number of halogens is 2. The fraction of sp³-hybridized carbons (Fsp3) is 0.250. The van der Waals surface area contributed by atoms with Crippen LogP contribution in [0.2, 0.25) is 0 Å². The van der Waals surface area contributed by atoms with Gasteiger partial charge in [-0.25, -0.2) is 4.98 Å². The van der Waals surface area contributed by atoms with E-state index < -0.39 is 12.5 Å². The molecule has 0 aliphatic carbocycles. The fourth-order valence-corrected chi connectivity index (χ4v) is 3.90. The Kier molecular flexibility index (Phi) is 6.07. The number of hydrogen-bond acceptors (Lipinski definition) is 5. The van der Waals surface area contributed by atoms with Crippen LogP contribution < -0.4 is 10.1 Å². The van der Waals surface area contributed by atoms with Crippen molar-refractivity contribution in [3.05, 3.63) is 52.2 Å². The van der Waals surface area contributed by atoms with Crippen molar-refractivity contribution in [2.45, 2.75) is 33.8 Å². The van der Waals surface area contributed by atoms with Crippen LogP contribution in [-0.2, 0) is 6.42 Å². The van der Waals surface area contributed by atoms with Crippen LogP contribution in [0.4, 0.5) is 13.9 Å². The minimum atomic E-state index is -2.95. The third kappa shape index (κ3) is 4.34. The highest BCUT2D eigenvalue weighted by atomic mass is 32.1. The first-order chi connectivity index (χ1) is 13.8. The number of alkyl halides is 2. The summed E-state index contributed by atoms with van der Waals surface area (Å²) in [6, 6.07) is 6.31. The summed E-state index contributed by atoms with van der Waals surface area (Å²) in [5, 5.41) is 4.64. The number of para-hydroxylation sites is 1. The number of aromatic amines is 1. The molecule has 3 rings (SSSR count). The number of aromatic nitrogens is 2. The van der Waals surface area contributed by atoms with E-state index in [-0.39, 0.29) is 11.5 Å². The highest BCUT2D eigenvalue weighted by molar-refractivity contribution is 7.14. The minimum absolute atomic E-state index is 0.00467. The first-order valence-electron chi connectivity index (χ1n) is 8.85. The van der Waals surface area contributed by atoms with E-state index in [1.54, 1.807) is 30.5 Å². The molecule has 0 aliphatic heterocycles. The van der Waals surface area contributed by atoms with E-state index >= 15 is 0 Å². The smallest absolute Gasteiger partial charge is 0.387 e. The summed E-state index contributed by atoms with van der Waals surface area (Å²) in [6.07, 6.45) is 0.517. The van der Waals surface area contributed by atoms with E-state index in [1.165, 1.54) is 13.0 Å². The molecule has 29 heavy (non-hydrogen) atoms. The summed E-state index contributed by atoms with van der Waals surface area (Å²) < 4.78 is 29.8. The molecule has 2 heterocycles. The molecular weight excluding hydrogens is 400 g/mol. The van der Waals surface area contributed by atoms with Crippen molar-refractivity contribution >= 4 is 28.2 Å². The predicted octanol–water partition coefficient (Wildman–Crippen LogP) is 5.07. The summed E-state index contributed by atoms with van der Waals surface area (Å²) in [5.41, 5.74) is 2.93. The van der Waals surface area contributed by atoms with Crippen LogP contribution in [0.25, 0.3) is 11.3 Å². The molecule has 1 aromatic carbocycles. The van der Waals surface area contributed by atoms with E-state index in [2.05, 4.69) is 20.0 Å². The number of H-pyrrole nitrogens is 1. The number of thiazole rings is 1. The molecule has 0 unspecified atom stereocenters. The molecular formula is C20H19F2N3O3S. The van der Waals surface area contributed by atoms with E-state index in [0.29, 0.717) is 45.3 Å². The number of benzene rings is 1. The van der Waals surface area contributed by atoms with Gasteiger partial charge in [-0.1, -0.05) is 19.1 Å². The molecule has 0 atom stereocenters. The molecule has 0 spiro atoms. The van der Waals surface area contributed by atoms with Gasteiger partial charge in [0.05, 0.1) is 5.69 Å². The van der Waals surface area contributed by atoms with Crippen LogP contribution in [0, 0.1) is 6.92 Å². The van der Waals surface area contributed by atoms with Crippen LogP contribution in [0.3, 0.4) is 0 Å². The van der Waals surface area contributed by atoms with Crippen molar-refractivity contribution in [1.82, 2.24) is 9.97 Å². The highest BCUT2D eigenvalue weighted by Crippen LogP contribution is 2.33. The van der Waals surface area contributed by atoms with Gasteiger partial charge in [0.25, 0.3) is 5.91 Å². The number of rotatable bonds is 7. The van der Waals surface area contributed by atoms with Gasteiger partial charge in [0.15, 0.2) is 10.9 Å². The van der Waals surface area contributed by atoms with Crippen molar-refractivity contribution in [1.29, 1.82) is 0 Å². The molecule has 0 bridgehead atoms. The number of aryl methyl sites for hydroxylation is 1. The van der Waals surface area contributed by atoms with Gasteiger partial charge in [-0.05, 0) is 38.0 Å². The van der Waals surface area contributed by atoms with Gasteiger partial charge in [-0.3, -0.25) is 14.9 Å². The van der Waals surface area contributed by atoms with Crippen molar-refractivity contribution in [2.75, 3.05) is 5.32 Å². The SMILES string of the molecule is CCc1c(C(=O)Nc2nc(-c3ccccc3OC(F)F)cs2)[nH]c(C)c1C(C)=O. The monoisotopic (exact) mass is 419 g/mol. The summed E-state index contributed by atoms with van der Waals surface area (Å²) in [7, 11) is 0. The minimum Gasteiger partial charge on any atom is -0.434 e. The van der Waals surface area contributed by atoms with Gasteiger partial charge in [0.2, 0.25) is 0 Å². The molecule has 0 fully saturated rings. The second-order valence-corrected chi connectivity index (χ2v) is 7.11. The van der Waals surface area contributed by atoms with Gasteiger partial charge in [-0.2, -0.15) is 8.78 Å². The number of amides is 1. The van der Waals surface area contributed by atoms with Crippen molar-refractivity contribution in [3.63, 3.8) is 0 Å². The largest absolute Gasteiger partial charge is 0.434 e. The van der Waals surface area contributed by atoms with E-state index in [1.807, 2.05) is 6.92 Å². The lowest BCUT2D eigenvalue weighted by Gasteiger charge is -2.08. The van der Waals surface area contributed by atoms with E-state index in [9.17, 15) is 18.4 Å². The lowest BCUT2D eigenvalue weighted by molar-refractivity contribution is -0.0494. The van der Waals surface area contributed by atoms with Crippen LogP contribution in [-0.4, -0.2) is 28.3 Å². The Morgan fingerprint density at radius 1 is 1.31 bits per heavy atom.